The standard InChI is InChI=1S/C17H18ClN3O3/c1-11-9-15(22)16(17(23)20-7-8-24-12(2)10-20)19-21(11)14-6-4-3-5-13(14)18/h3-6,9,12H,7-8,10H2,1-2H3/t12-/m1/s1. The number of halogens is 1. The topological polar surface area (TPSA) is 64.4 Å². The van der Waals surface area contributed by atoms with Gasteiger partial charge in [-0.05, 0) is 26.0 Å². The Labute approximate surface area is 144 Å². The molecule has 1 fully saturated rings. The van der Waals surface area contributed by atoms with Crippen LogP contribution in [0.4, 0.5) is 0 Å². The summed E-state index contributed by atoms with van der Waals surface area (Å²) in [5, 5.41) is 4.79. The number of hydrogen-bond donors (Lipinski definition) is 0. The van der Waals surface area contributed by atoms with E-state index in [1.165, 1.54) is 10.7 Å². The molecule has 1 aromatic heterocycles. The van der Waals surface area contributed by atoms with E-state index < -0.39 is 0 Å². The highest BCUT2D eigenvalue weighted by Crippen LogP contribution is 2.20. The summed E-state index contributed by atoms with van der Waals surface area (Å²) in [6.07, 6.45) is -0.0565. The molecule has 1 aliphatic rings. The van der Waals surface area contributed by atoms with Gasteiger partial charge in [0, 0.05) is 24.8 Å². The molecule has 1 aliphatic heterocycles. The second kappa shape index (κ2) is 6.75. The minimum absolute atomic E-state index is 0.0565. The van der Waals surface area contributed by atoms with Crippen molar-refractivity contribution in [3.63, 3.8) is 0 Å². The Morgan fingerprint density at radius 3 is 2.83 bits per heavy atom. The van der Waals surface area contributed by atoms with Crippen LogP contribution in [0.1, 0.15) is 23.1 Å². The lowest BCUT2D eigenvalue weighted by Gasteiger charge is -2.30. The van der Waals surface area contributed by atoms with Gasteiger partial charge in [0.1, 0.15) is 0 Å². The number of aryl methyl sites for hydroxylation is 1. The summed E-state index contributed by atoms with van der Waals surface area (Å²) in [5.74, 6) is -0.379. The van der Waals surface area contributed by atoms with Gasteiger partial charge in [0.05, 0.1) is 23.4 Å². The number of morpholine rings is 1. The number of hydrogen-bond acceptors (Lipinski definition) is 4. The molecule has 3 rings (SSSR count). The molecule has 0 radical (unpaired) electrons. The molecule has 0 aliphatic carbocycles. The fraction of sp³-hybridized carbons (Fsp3) is 0.353. The maximum atomic E-state index is 12.7. The van der Waals surface area contributed by atoms with E-state index in [9.17, 15) is 9.59 Å². The van der Waals surface area contributed by atoms with Crippen LogP contribution < -0.4 is 5.43 Å². The lowest BCUT2D eigenvalue weighted by molar-refractivity contribution is -0.0127. The third-order valence-electron chi connectivity index (χ3n) is 3.92. The fourth-order valence-electron chi connectivity index (χ4n) is 2.72. The lowest BCUT2D eigenvalue weighted by Crippen LogP contribution is -2.46. The highest BCUT2D eigenvalue weighted by molar-refractivity contribution is 6.32. The Balaban J connectivity index is 2.03. The quantitative estimate of drug-likeness (QED) is 0.834. The molecule has 2 heterocycles. The zero-order valence-corrected chi connectivity index (χ0v) is 14.3. The number of ether oxygens (including phenoxy) is 1. The largest absolute Gasteiger partial charge is 0.375 e. The SMILES string of the molecule is Cc1cc(=O)c(C(=O)N2CCO[C@H](C)C2)nn1-c1ccccc1Cl. The smallest absolute Gasteiger partial charge is 0.278 e. The summed E-state index contributed by atoms with van der Waals surface area (Å²) in [4.78, 5) is 26.6. The van der Waals surface area contributed by atoms with Crippen LogP contribution in [-0.2, 0) is 4.74 Å². The molecule has 24 heavy (non-hydrogen) atoms. The zero-order valence-electron chi connectivity index (χ0n) is 13.5. The molecule has 0 bridgehead atoms. The van der Waals surface area contributed by atoms with Crippen LogP contribution in [-0.4, -0.2) is 46.4 Å². The summed E-state index contributed by atoms with van der Waals surface area (Å²) in [6.45, 7) is 4.99. The van der Waals surface area contributed by atoms with E-state index in [1.807, 2.05) is 19.1 Å². The van der Waals surface area contributed by atoms with Gasteiger partial charge in [0.15, 0.2) is 5.69 Å². The normalized spacial score (nSPS) is 17.8. The van der Waals surface area contributed by atoms with Crippen molar-refractivity contribution < 1.29 is 9.53 Å². The Kier molecular flexibility index (Phi) is 4.69. The van der Waals surface area contributed by atoms with Crippen molar-refractivity contribution in [2.24, 2.45) is 0 Å². The van der Waals surface area contributed by atoms with E-state index in [-0.39, 0.29) is 23.1 Å². The van der Waals surface area contributed by atoms with Gasteiger partial charge in [-0.15, -0.1) is 0 Å². The van der Waals surface area contributed by atoms with Crippen LogP contribution in [0.3, 0.4) is 0 Å². The van der Waals surface area contributed by atoms with Crippen molar-refractivity contribution in [2.75, 3.05) is 19.7 Å². The lowest BCUT2D eigenvalue weighted by atomic mass is 10.2. The van der Waals surface area contributed by atoms with Crippen LogP contribution >= 0.6 is 11.6 Å². The van der Waals surface area contributed by atoms with Gasteiger partial charge in [0.25, 0.3) is 5.91 Å². The number of rotatable bonds is 2. The molecule has 0 saturated carbocycles. The summed E-state index contributed by atoms with van der Waals surface area (Å²) in [5.41, 5.74) is 0.746. The molecule has 1 aromatic carbocycles. The van der Waals surface area contributed by atoms with Crippen LogP contribution in [0.25, 0.3) is 5.69 Å². The minimum Gasteiger partial charge on any atom is -0.375 e. The summed E-state index contributed by atoms with van der Waals surface area (Å²) >= 11 is 6.22. The first-order valence-corrected chi connectivity index (χ1v) is 8.12. The molecular weight excluding hydrogens is 330 g/mol. The first-order valence-electron chi connectivity index (χ1n) is 7.74. The van der Waals surface area contributed by atoms with Gasteiger partial charge in [0.2, 0.25) is 5.43 Å². The molecular formula is C17H18ClN3O3. The number of aromatic nitrogens is 2. The van der Waals surface area contributed by atoms with Crippen molar-refractivity contribution in [1.29, 1.82) is 0 Å². The van der Waals surface area contributed by atoms with Crippen molar-refractivity contribution >= 4 is 17.5 Å². The maximum Gasteiger partial charge on any atom is 0.278 e. The maximum absolute atomic E-state index is 12.7. The van der Waals surface area contributed by atoms with Gasteiger partial charge in [-0.3, -0.25) is 9.59 Å². The predicted molar refractivity (Wildman–Crippen MR) is 90.9 cm³/mol. The van der Waals surface area contributed by atoms with Crippen LogP contribution in [0.5, 0.6) is 0 Å². The second-order valence-electron chi connectivity index (χ2n) is 5.79. The van der Waals surface area contributed by atoms with Crippen molar-refractivity contribution in [3.05, 3.63) is 57.0 Å². The highest BCUT2D eigenvalue weighted by atomic mass is 35.5. The van der Waals surface area contributed by atoms with E-state index in [4.69, 9.17) is 16.3 Å². The van der Waals surface area contributed by atoms with Crippen LogP contribution in [0, 0.1) is 6.92 Å². The Bertz CT molecular complexity index is 834. The van der Waals surface area contributed by atoms with E-state index in [1.54, 1.807) is 24.0 Å². The number of para-hydroxylation sites is 1. The molecule has 6 nitrogen and oxygen atoms in total. The van der Waals surface area contributed by atoms with Gasteiger partial charge < -0.3 is 9.64 Å². The Morgan fingerprint density at radius 2 is 2.12 bits per heavy atom. The average molecular weight is 348 g/mol. The molecule has 0 spiro atoms. The Morgan fingerprint density at radius 1 is 1.38 bits per heavy atom. The van der Waals surface area contributed by atoms with Gasteiger partial charge in [-0.25, -0.2) is 4.68 Å². The summed E-state index contributed by atoms with van der Waals surface area (Å²) < 4.78 is 6.97. The molecule has 1 atom stereocenters. The van der Waals surface area contributed by atoms with Crippen molar-refractivity contribution in [1.82, 2.24) is 14.7 Å². The van der Waals surface area contributed by atoms with Crippen molar-refractivity contribution in [2.45, 2.75) is 20.0 Å². The fourth-order valence-corrected chi connectivity index (χ4v) is 2.93. The molecule has 2 aromatic rings. The monoisotopic (exact) mass is 347 g/mol. The van der Waals surface area contributed by atoms with E-state index in [0.29, 0.717) is 36.1 Å². The third kappa shape index (κ3) is 3.20. The number of carbonyl (C=O) groups excluding carboxylic acids is 1. The number of amides is 1. The first-order chi connectivity index (χ1) is 11.5. The molecule has 0 N–H and O–H groups in total. The Hall–Kier alpha value is -2.18. The molecule has 7 heteroatoms. The summed E-state index contributed by atoms with van der Waals surface area (Å²) in [7, 11) is 0. The zero-order chi connectivity index (χ0) is 17.3. The summed E-state index contributed by atoms with van der Waals surface area (Å²) in [6, 6.07) is 8.57. The molecule has 1 saturated heterocycles. The number of carbonyl (C=O) groups is 1. The van der Waals surface area contributed by atoms with Crippen molar-refractivity contribution in [3.8, 4) is 5.69 Å². The predicted octanol–water partition coefficient (Wildman–Crippen LogP) is 2.06. The average Bonchev–Trinajstić information content (AvgIpc) is 2.55. The highest BCUT2D eigenvalue weighted by Gasteiger charge is 2.26. The molecule has 126 valence electrons. The van der Waals surface area contributed by atoms with Gasteiger partial charge >= 0.3 is 0 Å². The van der Waals surface area contributed by atoms with E-state index in [2.05, 4.69) is 5.10 Å². The minimum atomic E-state index is -0.389. The van der Waals surface area contributed by atoms with Gasteiger partial charge in [-0.1, -0.05) is 23.7 Å². The van der Waals surface area contributed by atoms with Crippen LogP contribution in [0.15, 0.2) is 35.1 Å². The second-order valence-corrected chi connectivity index (χ2v) is 6.20. The van der Waals surface area contributed by atoms with Crippen LogP contribution in [0.2, 0.25) is 5.02 Å². The molecule has 1 amide bonds. The molecule has 0 unspecified atom stereocenters. The number of nitrogens with zero attached hydrogens (tertiary/aromatic N) is 3. The third-order valence-corrected chi connectivity index (χ3v) is 4.24. The van der Waals surface area contributed by atoms with Gasteiger partial charge in [-0.2, -0.15) is 5.10 Å². The van der Waals surface area contributed by atoms with E-state index in [0.717, 1.165) is 0 Å². The van der Waals surface area contributed by atoms with E-state index >= 15 is 0 Å². The number of benzene rings is 1. The first kappa shape index (κ1) is 16.7.